The van der Waals surface area contributed by atoms with Crippen molar-refractivity contribution in [2.24, 2.45) is 5.92 Å². The highest BCUT2D eigenvalue weighted by Crippen LogP contribution is 2.52. The summed E-state index contributed by atoms with van der Waals surface area (Å²) < 4.78 is 12.1. The minimum atomic E-state index is 0.121. The molecule has 3 atom stereocenters. The third kappa shape index (κ3) is 1.61. The Labute approximate surface area is 119 Å². The Hall–Kier alpha value is -1.80. The molecule has 4 rings (SSSR count). The Morgan fingerprint density at radius 2 is 1.95 bits per heavy atom. The number of hydrogen-bond acceptors (Lipinski definition) is 2. The molecule has 1 aliphatic carbocycles. The molecular formula is C18H18O2. The molecule has 0 spiro atoms. The second-order valence-corrected chi connectivity index (χ2v) is 5.80. The van der Waals surface area contributed by atoms with E-state index in [0.29, 0.717) is 5.92 Å². The summed E-state index contributed by atoms with van der Waals surface area (Å²) >= 11 is 0. The summed E-state index contributed by atoms with van der Waals surface area (Å²) in [5.74, 6) is 1.35. The van der Waals surface area contributed by atoms with Crippen LogP contribution in [-0.2, 0) is 11.2 Å². The summed E-state index contributed by atoms with van der Waals surface area (Å²) in [4.78, 5) is 0. The van der Waals surface area contributed by atoms with Crippen molar-refractivity contribution in [3.63, 3.8) is 0 Å². The Bertz CT molecular complexity index is 662. The van der Waals surface area contributed by atoms with Crippen LogP contribution in [0, 0.1) is 12.8 Å². The maximum absolute atomic E-state index is 6.29. The molecule has 1 heterocycles. The average molecular weight is 266 g/mol. The molecule has 102 valence electrons. The minimum Gasteiger partial charge on any atom is -0.485 e. The van der Waals surface area contributed by atoms with Gasteiger partial charge < -0.3 is 9.47 Å². The fourth-order valence-corrected chi connectivity index (χ4v) is 3.67. The van der Waals surface area contributed by atoms with Gasteiger partial charge in [-0.1, -0.05) is 35.9 Å². The van der Waals surface area contributed by atoms with Gasteiger partial charge in [-0.2, -0.15) is 0 Å². The summed E-state index contributed by atoms with van der Waals surface area (Å²) in [6.45, 7) is 2.11. The number of ether oxygens (including phenoxy) is 2. The van der Waals surface area contributed by atoms with Crippen molar-refractivity contribution >= 4 is 0 Å². The molecule has 0 radical (unpaired) electrons. The van der Waals surface area contributed by atoms with Crippen molar-refractivity contribution in [1.82, 2.24) is 0 Å². The number of aryl methyl sites for hydroxylation is 1. The van der Waals surface area contributed by atoms with E-state index in [1.54, 1.807) is 0 Å². The van der Waals surface area contributed by atoms with Gasteiger partial charge in [-0.05, 0) is 36.6 Å². The molecule has 0 aromatic heterocycles. The third-order valence-corrected chi connectivity index (χ3v) is 4.57. The summed E-state index contributed by atoms with van der Waals surface area (Å²) in [5, 5.41) is 0. The molecule has 0 saturated carbocycles. The zero-order chi connectivity index (χ0) is 13.7. The first-order chi connectivity index (χ1) is 9.78. The molecule has 0 bridgehead atoms. The van der Waals surface area contributed by atoms with E-state index in [0.717, 1.165) is 12.2 Å². The van der Waals surface area contributed by atoms with Gasteiger partial charge >= 0.3 is 0 Å². The fourth-order valence-electron chi connectivity index (χ4n) is 3.67. The molecule has 2 nitrogen and oxygen atoms in total. The van der Waals surface area contributed by atoms with Gasteiger partial charge in [0.2, 0.25) is 0 Å². The van der Waals surface area contributed by atoms with Crippen molar-refractivity contribution in [1.29, 1.82) is 0 Å². The molecule has 2 aromatic carbocycles. The average Bonchev–Trinajstić information content (AvgIpc) is 2.83. The Morgan fingerprint density at radius 3 is 2.80 bits per heavy atom. The molecule has 20 heavy (non-hydrogen) atoms. The maximum atomic E-state index is 6.29. The SMILES string of the molecule is CO[C@@H]1c2cc(C)ccc2OC2c3ccccc3CC21. The number of benzene rings is 2. The van der Waals surface area contributed by atoms with E-state index in [2.05, 4.69) is 49.4 Å². The van der Waals surface area contributed by atoms with Crippen molar-refractivity contribution in [3.8, 4) is 5.75 Å². The zero-order valence-electron chi connectivity index (χ0n) is 11.8. The number of rotatable bonds is 1. The van der Waals surface area contributed by atoms with Gasteiger partial charge in [0.25, 0.3) is 0 Å². The zero-order valence-corrected chi connectivity index (χ0v) is 11.8. The first kappa shape index (κ1) is 12.0. The molecule has 0 amide bonds. The van der Waals surface area contributed by atoms with Gasteiger partial charge in [0, 0.05) is 18.6 Å². The minimum absolute atomic E-state index is 0.121. The lowest BCUT2D eigenvalue weighted by Gasteiger charge is -2.35. The monoisotopic (exact) mass is 266 g/mol. The van der Waals surface area contributed by atoms with Gasteiger partial charge in [0.1, 0.15) is 11.9 Å². The predicted octanol–water partition coefficient (Wildman–Crippen LogP) is 3.99. The van der Waals surface area contributed by atoms with E-state index >= 15 is 0 Å². The Morgan fingerprint density at radius 1 is 1.10 bits per heavy atom. The summed E-state index contributed by atoms with van der Waals surface area (Å²) in [5.41, 5.74) is 5.17. The van der Waals surface area contributed by atoms with Crippen LogP contribution >= 0.6 is 0 Å². The number of fused-ring (bicyclic) bond motifs is 4. The van der Waals surface area contributed by atoms with Crippen LogP contribution in [0.3, 0.4) is 0 Å². The highest BCUT2D eigenvalue weighted by atomic mass is 16.5. The van der Waals surface area contributed by atoms with Crippen molar-refractivity contribution in [3.05, 3.63) is 64.7 Å². The highest BCUT2D eigenvalue weighted by molar-refractivity contribution is 5.45. The van der Waals surface area contributed by atoms with Crippen LogP contribution in [0.2, 0.25) is 0 Å². The molecular weight excluding hydrogens is 248 g/mol. The lowest BCUT2D eigenvalue weighted by molar-refractivity contribution is -0.0200. The van der Waals surface area contributed by atoms with Gasteiger partial charge in [-0.15, -0.1) is 0 Å². The van der Waals surface area contributed by atoms with Crippen molar-refractivity contribution < 1.29 is 9.47 Å². The van der Waals surface area contributed by atoms with Gasteiger partial charge in [-0.3, -0.25) is 0 Å². The largest absolute Gasteiger partial charge is 0.485 e. The van der Waals surface area contributed by atoms with E-state index in [-0.39, 0.29) is 12.2 Å². The van der Waals surface area contributed by atoms with Crippen molar-refractivity contribution in [2.75, 3.05) is 7.11 Å². The van der Waals surface area contributed by atoms with Crippen LogP contribution in [0.25, 0.3) is 0 Å². The standard InChI is InChI=1S/C18H18O2/c1-11-7-8-16-14(9-11)17(19-2)15-10-12-5-3-4-6-13(12)18(15)20-16/h3-9,15,17-18H,10H2,1-2H3/t15?,17-,18?/m1/s1. The quantitative estimate of drug-likeness (QED) is 0.777. The predicted molar refractivity (Wildman–Crippen MR) is 77.9 cm³/mol. The van der Waals surface area contributed by atoms with Crippen LogP contribution < -0.4 is 4.74 Å². The summed E-state index contributed by atoms with van der Waals surface area (Å²) in [6.07, 6.45) is 1.29. The van der Waals surface area contributed by atoms with Gasteiger partial charge in [0.15, 0.2) is 0 Å². The van der Waals surface area contributed by atoms with E-state index in [4.69, 9.17) is 9.47 Å². The molecule has 2 unspecified atom stereocenters. The fraction of sp³-hybridized carbons (Fsp3) is 0.333. The molecule has 0 saturated heterocycles. The molecule has 0 fully saturated rings. The maximum Gasteiger partial charge on any atom is 0.130 e. The van der Waals surface area contributed by atoms with Crippen LogP contribution in [-0.4, -0.2) is 7.11 Å². The highest BCUT2D eigenvalue weighted by Gasteiger charge is 2.44. The molecule has 2 aliphatic rings. The Kier molecular flexibility index (Phi) is 2.61. The van der Waals surface area contributed by atoms with Crippen molar-refractivity contribution in [2.45, 2.75) is 25.6 Å². The number of hydrogen-bond donors (Lipinski definition) is 0. The first-order valence-electron chi connectivity index (χ1n) is 7.15. The van der Waals surface area contributed by atoms with E-state index in [1.165, 1.54) is 22.3 Å². The normalized spacial score (nSPS) is 26.4. The van der Waals surface area contributed by atoms with E-state index in [1.807, 2.05) is 7.11 Å². The van der Waals surface area contributed by atoms with E-state index in [9.17, 15) is 0 Å². The molecule has 0 N–H and O–H groups in total. The topological polar surface area (TPSA) is 18.5 Å². The second-order valence-electron chi connectivity index (χ2n) is 5.80. The van der Waals surface area contributed by atoms with Crippen LogP contribution in [0.1, 0.15) is 34.5 Å². The van der Waals surface area contributed by atoms with Crippen LogP contribution in [0.15, 0.2) is 42.5 Å². The molecule has 2 heteroatoms. The number of methoxy groups -OCH3 is 1. The van der Waals surface area contributed by atoms with E-state index < -0.39 is 0 Å². The second kappa shape index (κ2) is 4.35. The third-order valence-electron chi connectivity index (χ3n) is 4.57. The lowest BCUT2D eigenvalue weighted by Crippen LogP contribution is -2.28. The summed E-state index contributed by atoms with van der Waals surface area (Å²) in [7, 11) is 1.81. The first-order valence-corrected chi connectivity index (χ1v) is 7.15. The smallest absolute Gasteiger partial charge is 0.130 e. The summed E-state index contributed by atoms with van der Waals surface area (Å²) in [6, 6.07) is 15.0. The molecule has 2 aromatic rings. The molecule has 1 aliphatic heterocycles. The van der Waals surface area contributed by atoms with Gasteiger partial charge in [0.05, 0.1) is 6.10 Å². The lowest BCUT2D eigenvalue weighted by atomic mass is 9.87. The Balaban J connectivity index is 1.83. The van der Waals surface area contributed by atoms with Crippen LogP contribution in [0.4, 0.5) is 0 Å². The van der Waals surface area contributed by atoms with Gasteiger partial charge in [-0.25, -0.2) is 0 Å². The van der Waals surface area contributed by atoms with Crippen LogP contribution in [0.5, 0.6) is 5.75 Å².